The zero-order valence-electron chi connectivity index (χ0n) is 7.08. The fourth-order valence-electron chi connectivity index (χ4n) is 0.807. The summed E-state index contributed by atoms with van der Waals surface area (Å²) in [5, 5.41) is 9.08. The van der Waals surface area contributed by atoms with Crippen molar-refractivity contribution < 1.29 is 18.6 Å². The summed E-state index contributed by atoms with van der Waals surface area (Å²) >= 11 is 5.63. The van der Waals surface area contributed by atoms with E-state index in [2.05, 4.69) is 9.72 Å². The Morgan fingerprint density at radius 1 is 1.57 bits per heavy atom. The van der Waals surface area contributed by atoms with Gasteiger partial charge >= 0.3 is 0 Å². The molecule has 78 valence electrons. The first kappa shape index (κ1) is 11.1. The Kier molecular flexibility index (Phi) is 4.03. The van der Waals surface area contributed by atoms with Crippen molar-refractivity contribution in [1.29, 1.82) is 0 Å². The van der Waals surface area contributed by atoms with Gasteiger partial charge in [-0.2, -0.15) is 0 Å². The normalized spacial score (nSPS) is 10.6. The van der Waals surface area contributed by atoms with E-state index < -0.39 is 13.0 Å². The van der Waals surface area contributed by atoms with Crippen molar-refractivity contribution in [2.24, 2.45) is 0 Å². The third-order valence-corrected chi connectivity index (χ3v) is 1.78. The Hall–Kier alpha value is -0.940. The largest absolute Gasteiger partial charge is 0.472 e. The third kappa shape index (κ3) is 3.08. The van der Waals surface area contributed by atoms with Gasteiger partial charge in [-0.15, -0.1) is 0 Å². The van der Waals surface area contributed by atoms with Gasteiger partial charge in [-0.3, -0.25) is 0 Å². The van der Waals surface area contributed by atoms with Crippen LogP contribution < -0.4 is 4.74 Å². The van der Waals surface area contributed by atoms with Crippen LogP contribution in [0.5, 0.6) is 5.88 Å². The number of ether oxygens (including phenoxy) is 1. The highest BCUT2D eigenvalue weighted by atomic mass is 35.5. The molecule has 0 saturated heterocycles. The lowest BCUT2D eigenvalue weighted by atomic mass is 10.3. The van der Waals surface area contributed by atoms with E-state index in [1.165, 1.54) is 12.3 Å². The first-order valence-electron chi connectivity index (χ1n) is 3.79. The van der Waals surface area contributed by atoms with Gasteiger partial charge in [0, 0.05) is 17.8 Å². The topological polar surface area (TPSA) is 42.4 Å². The molecule has 1 heterocycles. The molecule has 0 saturated carbocycles. The molecule has 0 atom stereocenters. The Morgan fingerprint density at radius 3 is 2.86 bits per heavy atom. The molecule has 1 N–H and O–H groups in total. The lowest BCUT2D eigenvalue weighted by Gasteiger charge is -2.06. The van der Waals surface area contributed by atoms with E-state index in [4.69, 9.17) is 16.7 Å². The lowest BCUT2D eigenvalue weighted by molar-refractivity contribution is 0.0795. The van der Waals surface area contributed by atoms with Crippen LogP contribution in [0.15, 0.2) is 12.3 Å². The molecule has 1 aromatic heterocycles. The van der Waals surface area contributed by atoms with Gasteiger partial charge in [0.25, 0.3) is 6.43 Å². The van der Waals surface area contributed by atoms with Crippen molar-refractivity contribution in [2.45, 2.75) is 13.0 Å². The predicted molar refractivity (Wildman–Crippen MR) is 46.7 cm³/mol. The van der Waals surface area contributed by atoms with E-state index in [1.54, 1.807) is 0 Å². The van der Waals surface area contributed by atoms with Crippen molar-refractivity contribution >= 4 is 11.6 Å². The van der Waals surface area contributed by atoms with Gasteiger partial charge in [0.05, 0.1) is 11.6 Å². The molecule has 0 aliphatic rings. The van der Waals surface area contributed by atoms with Gasteiger partial charge in [0.2, 0.25) is 5.88 Å². The zero-order chi connectivity index (χ0) is 10.6. The summed E-state index contributed by atoms with van der Waals surface area (Å²) in [6, 6.07) is 1.32. The second-order valence-electron chi connectivity index (χ2n) is 2.47. The summed E-state index contributed by atoms with van der Waals surface area (Å²) in [5.74, 6) is 0.0266. The fourth-order valence-corrected chi connectivity index (χ4v) is 0.970. The molecular weight excluding hydrogens is 216 g/mol. The highest BCUT2D eigenvalue weighted by Gasteiger charge is 2.06. The number of nitrogens with zero attached hydrogens (tertiary/aromatic N) is 1. The Labute approximate surface area is 84.3 Å². The van der Waals surface area contributed by atoms with Crippen molar-refractivity contribution in [3.05, 3.63) is 22.8 Å². The number of rotatable bonds is 4. The van der Waals surface area contributed by atoms with Gasteiger partial charge < -0.3 is 9.84 Å². The number of alkyl halides is 2. The van der Waals surface area contributed by atoms with E-state index in [1.807, 2.05) is 0 Å². The summed E-state index contributed by atoms with van der Waals surface area (Å²) in [7, 11) is 0. The highest BCUT2D eigenvalue weighted by molar-refractivity contribution is 6.31. The Morgan fingerprint density at radius 2 is 2.29 bits per heavy atom. The van der Waals surface area contributed by atoms with Gasteiger partial charge in [-0.05, 0) is 0 Å². The number of hydrogen-bond acceptors (Lipinski definition) is 3. The van der Waals surface area contributed by atoms with Crippen LogP contribution in [0.1, 0.15) is 5.56 Å². The van der Waals surface area contributed by atoms with Gasteiger partial charge in [-0.25, -0.2) is 13.8 Å². The van der Waals surface area contributed by atoms with Crippen LogP contribution in [0.2, 0.25) is 5.02 Å². The molecule has 0 aromatic carbocycles. The van der Waals surface area contributed by atoms with E-state index >= 15 is 0 Å². The quantitative estimate of drug-likeness (QED) is 0.847. The van der Waals surface area contributed by atoms with E-state index in [0.29, 0.717) is 5.56 Å². The Balaban J connectivity index is 2.69. The molecule has 1 aromatic rings. The SMILES string of the molecule is OCc1cc(OCC(F)F)ncc1Cl. The maximum atomic E-state index is 11.8. The first-order chi connectivity index (χ1) is 6.63. The summed E-state index contributed by atoms with van der Waals surface area (Å²) in [6.45, 7) is -1.01. The molecule has 6 heteroatoms. The Bertz CT molecular complexity index is 309. The summed E-state index contributed by atoms with van der Waals surface area (Å²) < 4.78 is 28.1. The summed E-state index contributed by atoms with van der Waals surface area (Å²) in [6.07, 6.45) is -1.31. The molecule has 0 unspecified atom stereocenters. The van der Waals surface area contributed by atoms with E-state index in [-0.39, 0.29) is 17.5 Å². The molecule has 0 radical (unpaired) electrons. The first-order valence-corrected chi connectivity index (χ1v) is 4.17. The minimum atomic E-state index is -2.55. The van der Waals surface area contributed by atoms with Crippen LogP contribution in [-0.2, 0) is 6.61 Å². The van der Waals surface area contributed by atoms with Crippen molar-refractivity contribution in [3.63, 3.8) is 0 Å². The molecule has 0 aliphatic heterocycles. The second-order valence-corrected chi connectivity index (χ2v) is 2.88. The lowest BCUT2D eigenvalue weighted by Crippen LogP contribution is -2.08. The number of aromatic nitrogens is 1. The molecule has 0 fully saturated rings. The number of halogens is 3. The second kappa shape index (κ2) is 5.07. The van der Waals surface area contributed by atoms with Crippen LogP contribution in [0.3, 0.4) is 0 Å². The molecule has 0 bridgehead atoms. The smallest absolute Gasteiger partial charge is 0.272 e. The number of aliphatic hydroxyl groups is 1. The van der Waals surface area contributed by atoms with E-state index in [0.717, 1.165) is 0 Å². The average Bonchev–Trinajstić information content (AvgIpc) is 2.16. The molecule has 14 heavy (non-hydrogen) atoms. The minimum Gasteiger partial charge on any atom is -0.472 e. The van der Waals surface area contributed by atoms with Crippen LogP contribution in [0.4, 0.5) is 8.78 Å². The molecule has 0 spiro atoms. The van der Waals surface area contributed by atoms with Crippen molar-refractivity contribution in [2.75, 3.05) is 6.61 Å². The standard InChI is InChI=1S/C8H8ClF2NO2/c9-6-2-12-8(1-5(6)3-13)14-4-7(10)11/h1-2,7,13H,3-4H2. The molecule has 0 aliphatic carbocycles. The number of pyridine rings is 1. The summed E-state index contributed by atoms with van der Waals surface area (Å²) in [4.78, 5) is 3.66. The maximum absolute atomic E-state index is 11.8. The zero-order valence-corrected chi connectivity index (χ0v) is 7.84. The number of hydrogen-bond donors (Lipinski definition) is 1. The van der Waals surface area contributed by atoms with Gasteiger partial charge in [0.15, 0.2) is 6.61 Å². The third-order valence-electron chi connectivity index (χ3n) is 1.44. The van der Waals surface area contributed by atoms with E-state index in [9.17, 15) is 8.78 Å². The van der Waals surface area contributed by atoms with Gasteiger partial charge in [0.1, 0.15) is 0 Å². The predicted octanol–water partition coefficient (Wildman–Crippen LogP) is 1.87. The summed E-state index contributed by atoms with van der Waals surface area (Å²) in [5.41, 5.74) is 0.394. The van der Waals surface area contributed by atoms with Crippen LogP contribution >= 0.6 is 11.6 Å². The van der Waals surface area contributed by atoms with Crippen LogP contribution in [0.25, 0.3) is 0 Å². The van der Waals surface area contributed by atoms with Crippen molar-refractivity contribution in [3.8, 4) is 5.88 Å². The van der Waals surface area contributed by atoms with Crippen LogP contribution in [0, 0.1) is 0 Å². The van der Waals surface area contributed by atoms with Gasteiger partial charge in [-0.1, -0.05) is 11.6 Å². The maximum Gasteiger partial charge on any atom is 0.272 e. The average molecular weight is 224 g/mol. The highest BCUT2D eigenvalue weighted by Crippen LogP contribution is 2.19. The fraction of sp³-hybridized carbons (Fsp3) is 0.375. The minimum absolute atomic E-state index is 0.0266. The van der Waals surface area contributed by atoms with Crippen LogP contribution in [-0.4, -0.2) is 23.1 Å². The molecular formula is C8H8ClF2NO2. The number of aliphatic hydroxyl groups excluding tert-OH is 1. The monoisotopic (exact) mass is 223 g/mol. The van der Waals surface area contributed by atoms with Crippen molar-refractivity contribution in [1.82, 2.24) is 4.98 Å². The molecule has 1 rings (SSSR count). The molecule has 0 amide bonds. The molecule has 3 nitrogen and oxygen atoms in total.